The fourth-order valence-corrected chi connectivity index (χ4v) is 2.21. The molecule has 0 spiro atoms. The Morgan fingerprint density at radius 2 is 2.06 bits per heavy atom. The number of nitrogens with two attached hydrogens (primary N) is 1. The van der Waals surface area contributed by atoms with Gasteiger partial charge in [0.2, 0.25) is 0 Å². The van der Waals surface area contributed by atoms with Crippen molar-refractivity contribution in [3.8, 4) is 0 Å². The third-order valence-corrected chi connectivity index (χ3v) is 3.29. The minimum atomic E-state index is -0.525. The summed E-state index contributed by atoms with van der Waals surface area (Å²) in [5, 5.41) is 3.28. The van der Waals surface area contributed by atoms with Gasteiger partial charge in [0.05, 0.1) is 0 Å². The van der Waals surface area contributed by atoms with E-state index in [0.717, 1.165) is 25.5 Å². The van der Waals surface area contributed by atoms with Crippen LogP contribution in [-0.4, -0.2) is 19.1 Å². The number of halogens is 2. The molecule has 1 fully saturated rings. The second-order valence-electron chi connectivity index (χ2n) is 4.79. The van der Waals surface area contributed by atoms with Gasteiger partial charge in [-0.1, -0.05) is 6.07 Å². The molecule has 0 atom stereocenters. The maximum Gasteiger partial charge on any atom is 0.129 e. The topological polar surface area (TPSA) is 38.0 Å². The minimum Gasteiger partial charge on any atom is -0.328 e. The Labute approximate surface area is 100 Å². The lowest BCUT2D eigenvalue weighted by atomic mass is 9.81. The molecule has 0 aromatic heterocycles. The molecule has 1 aliphatic carbocycles. The second-order valence-corrected chi connectivity index (χ2v) is 4.79. The highest BCUT2D eigenvalue weighted by atomic mass is 19.1. The maximum atomic E-state index is 13.3. The van der Waals surface area contributed by atoms with E-state index in [4.69, 9.17) is 5.73 Å². The van der Waals surface area contributed by atoms with Gasteiger partial charge >= 0.3 is 0 Å². The van der Waals surface area contributed by atoms with Gasteiger partial charge in [0, 0.05) is 12.1 Å². The van der Waals surface area contributed by atoms with Crippen LogP contribution in [0.1, 0.15) is 18.4 Å². The van der Waals surface area contributed by atoms with Gasteiger partial charge in [0.15, 0.2) is 0 Å². The SMILES string of the molecule is NC1CC(CNCCc2ccc(F)cc2F)C1. The molecule has 0 aliphatic heterocycles. The van der Waals surface area contributed by atoms with Crippen molar-refractivity contribution in [1.29, 1.82) is 0 Å². The Balaban J connectivity index is 1.67. The first-order valence-electron chi connectivity index (χ1n) is 6.05. The first-order chi connectivity index (χ1) is 8.15. The monoisotopic (exact) mass is 240 g/mol. The Bertz CT molecular complexity index is 376. The molecule has 4 heteroatoms. The van der Waals surface area contributed by atoms with E-state index in [1.54, 1.807) is 0 Å². The van der Waals surface area contributed by atoms with Gasteiger partial charge in [0.1, 0.15) is 11.6 Å². The third-order valence-electron chi connectivity index (χ3n) is 3.29. The molecule has 0 radical (unpaired) electrons. The van der Waals surface area contributed by atoms with Crippen LogP contribution in [-0.2, 0) is 6.42 Å². The molecule has 0 unspecified atom stereocenters. The molecule has 0 saturated heterocycles. The van der Waals surface area contributed by atoms with E-state index in [2.05, 4.69) is 5.32 Å². The smallest absolute Gasteiger partial charge is 0.129 e. The number of nitrogens with one attached hydrogen (secondary N) is 1. The molecule has 1 saturated carbocycles. The average Bonchev–Trinajstić information content (AvgIpc) is 2.23. The largest absolute Gasteiger partial charge is 0.328 e. The normalized spacial score (nSPS) is 23.5. The van der Waals surface area contributed by atoms with Crippen LogP contribution < -0.4 is 11.1 Å². The van der Waals surface area contributed by atoms with Crippen molar-refractivity contribution in [2.24, 2.45) is 11.7 Å². The first kappa shape index (κ1) is 12.5. The van der Waals surface area contributed by atoms with Crippen LogP contribution in [0.3, 0.4) is 0 Å². The van der Waals surface area contributed by atoms with Crippen molar-refractivity contribution in [1.82, 2.24) is 5.32 Å². The molecule has 2 rings (SSSR count). The summed E-state index contributed by atoms with van der Waals surface area (Å²) in [6.07, 6.45) is 2.75. The Kier molecular flexibility index (Phi) is 4.07. The minimum absolute atomic E-state index is 0.372. The van der Waals surface area contributed by atoms with E-state index in [-0.39, 0.29) is 0 Å². The van der Waals surface area contributed by atoms with Crippen LogP contribution in [0.15, 0.2) is 18.2 Å². The Morgan fingerprint density at radius 3 is 2.71 bits per heavy atom. The molecule has 1 aliphatic rings. The van der Waals surface area contributed by atoms with Crippen molar-refractivity contribution in [3.63, 3.8) is 0 Å². The van der Waals surface area contributed by atoms with Gasteiger partial charge in [-0.15, -0.1) is 0 Å². The van der Waals surface area contributed by atoms with E-state index in [1.807, 2.05) is 0 Å². The van der Waals surface area contributed by atoms with Gasteiger partial charge in [-0.2, -0.15) is 0 Å². The lowest BCUT2D eigenvalue weighted by Crippen LogP contribution is -2.41. The van der Waals surface area contributed by atoms with Gasteiger partial charge in [-0.25, -0.2) is 8.78 Å². The molecule has 0 bridgehead atoms. The number of hydrogen-bond acceptors (Lipinski definition) is 2. The van der Waals surface area contributed by atoms with Gasteiger partial charge in [-0.3, -0.25) is 0 Å². The Morgan fingerprint density at radius 1 is 1.29 bits per heavy atom. The lowest BCUT2D eigenvalue weighted by Gasteiger charge is -2.32. The highest BCUT2D eigenvalue weighted by molar-refractivity contribution is 5.18. The van der Waals surface area contributed by atoms with Crippen molar-refractivity contribution >= 4 is 0 Å². The number of benzene rings is 1. The summed E-state index contributed by atoms with van der Waals surface area (Å²) in [5.74, 6) is -0.316. The van der Waals surface area contributed by atoms with Crippen molar-refractivity contribution in [2.75, 3.05) is 13.1 Å². The highest BCUT2D eigenvalue weighted by Gasteiger charge is 2.24. The molecule has 0 amide bonds. The Hall–Kier alpha value is -1.00. The molecule has 0 heterocycles. The van der Waals surface area contributed by atoms with Gasteiger partial charge in [-0.05, 0) is 49.9 Å². The summed E-state index contributed by atoms with van der Waals surface area (Å²) >= 11 is 0. The van der Waals surface area contributed by atoms with Crippen LogP contribution in [0.25, 0.3) is 0 Å². The van der Waals surface area contributed by atoms with Crippen molar-refractivity contribution in [3.05, 3.63) is 35.4 Å². The third kappa shape index (κ3) is 3.48. The van der Waals surface area contributed by atoms with Crippen LogP contribution in [0, 0.1) is 17.6 Å². The summed E-state index contributed by atoms with van der Waals surface area (Å²) in [5.41, 5.74) is 6.24. The predicted molar refractivity (Wildman–Crippen MR) is 63.6 cm³/mol. The van der Waals surface area contributed by atoms with E-state index in [1.165, 1.54) is 12.1 Å². The van der Waals surface area contributed by atoms with Crippen LogP contribution in [0.4, 0.5) is 8.78 Å². The molecule has 1 aromatic carbocycles. The number of hydrogen-bond donors (Lipinski definition) is 2. The van der Waals surface area contributed by atoms with Crippen molar-refractivity contribution in [2.45, 2.75) is 25.3 Å². The van der Waals surface area contributed by atoms with E-state index >= 15 is 0 Å². The number of rotatable bonds is 5. The molecular formula is C13H18F2N2. The standard InChI is InChI=1S/C13H18F2N2/c14-11-2-1-10(13(15)7-11)3-4-17-8-9-5-12(16)6-9/h1-2,7,9,12,17H,3-6,8,16H2. The van der Waals surface area contributed by atoms with E-state index in [0.29, 0.717) is 30.5 Å². The second kappa shape index (κ2) is 5.56. The summed E-state index contributed by atoms with van der Waals surface area (Å²) in [7, 11) is 0. The van der Waals surface area contributed by atoms with Gasteiger partial charge < -0.3 is 11.1 Å². The van der Waals surface area contributed by atoms with Gasteiger partial charge in [0.25, 0.3) is 0 Å². The van der Waals surface area contributed by atoms with E-state index < -0.39 is 11.6 Å². The highest BCUT2D eigenvalue weighted by Crippen LogP contribution is 2.24. The zero-order valence-corrected chi connectivity index (χ0v) is 9.76. The quantitative estimate of drug-likeness (QED) is 0.771. The molecule has 17 heavy (non-hydrogen) atoms. The fourth-order valence-electron chi connectivity index (χ4n) is 2.21. The fraction of sp³-hybridized carbons (Fsp3) is 0.538. The molecule has 2 nitrogen and oxygen atoms in total. The molecular weight excluding hydrogens is 222 g/mol. The average molecular weight is 240 g/mol. The van der Waals surface area contributed by atoms with Crippen molar-refractivity contribution < 1.29 is 8.78 Å². The lowest BCUT2D eigenvalue weighted by molar-refractivity contribution is 0.257. The molecule has 94 valence electrons. The summed E-state index contributed by atoms with van der Waals surface area (Å²) in [6, 6.07) is 4.10. The molecule has 1 aromatic rings. The summed E-state index contributed by atoms with van der Waals surface area (Å²) in [6.45, 7) is 1.66. The van der Waals surface area contributed by atoms with E-state index in [9.17, 15) is 8.78 Å². The van der Waals surface area contributed by atoms with Crippen LogP contribution in [0.2, 0.25) is 0 Å². The zero-order valence-electron chi connectivity index (χ0n) is 9.76. The summed E-state index contributed by atoms with van der Waals surface area (Å²) in [4.78, 5) is 0. The summed E-state index contributed by atoms with van der Waals surface area (Å²) < 4.78 is 25.9. The zero-order chi connectivity index (χ0) is 12.3. The predicted octanol–water partition coefficient (Wildman–Crippen LogP) is 1.83. The maximum absolute atomic E-state index is 13.3. The first-order valence-corrected chi connectivity index (χ1v) is 6.05. The van der Waals surface area contributed by atoms with Crippen LogP contribution in [0.5, 0.6) is 0 Å². The molecule has 3 N–H and O–H groups in total. The van der Waals surface area contributed by atoms with Crippen LogP contribution >= 0.6 is 0 Å².